The number of benzene rings is 3. The molecule has 0 amide bonds. The van der Waals surface area contributed by atoms with Crippen molar-refractivity contribution in [3.63, 3.8) is 0 Å². The standard InChI is InChI=1S/C23H27NO3S2/c1-3-6-23(28-20-12-11-18-7-4-5-8-19(18)15-20)22(16-25)24-29(26,27)21-13-9-17(2)10-14-21/h4-5,7-15,22-25H,3,6,16H2,1-2H3/t22-,23+/m0/s1. The predicted octanol–water partition coefficient (Wildman–Crippen LogP) is 4.75. The molecule has 2 N–H and O–H groups in total. The monoisotopic (exact) mass is 429 g/mol. The van der Waals surface area contributed by atoms with Crippen molar-refractivity contribution < 1.29 is 13.5 Å². The second-order valence-corrected chi connectivity index (χ2v) is 10.2. The molecule has 0 fully saturated rings. The number of thioether (sulfide) groups is 1. The molecular weight excluding hydrogens is 402 g/mol. The molecule has 0 heterocycles. The maximum absolute atomic E-state index is 12.8. The summed E-state index contributed by atoms with van der Waals surface area (Å²) in [6.07, 6.45) is 1.69. The molecule has 4 nitrogen and oxygen atoms in total. The van der Waals surface area contributed by atoms with Crippen LogP contribution >= 0.6 is 11.8 Å². The van der Waals surface area contributed by atoms with Crippen LogP contribution in [-0.2, 0) is 10.0 Å². The second-order valence-electron chi connectivity index (χ2n) is 7.18. The van der Waals surface area contributed by atoms with E-state index in [4.69, 9.17) is 0 Å². The Hall–Kier alpha value is -1.86. The lowest BCUT2D eigenvalue weighted by Crippen LogP contribution is -2.44. The average Bonchev–Trinajstić information content (AvgIpc) is 2.72. The first-order valence-electron chi connectivity index (χ1n) is 9.78. The van der Waals surface area contributed by atoms with E-state index in [9.17, 15) is 13.5 Å². The van der Waals surface area contributed by atoms with Gasteiger partial charge in [0.05, 0.1) is 17.5 Å². The summed E-state index contributed by atoms with van der Waals surface area (Å²) in [7, 11) is -3.70. The van der Waals surface area contributed by atoms with Gasteiger partial charge in [0.25, 0.3) is 0 Å². The minimum absolute atomic E-state index is 0.0774. The Morgan fingerprint density at radius 1 is 1.00 bits per heavy atom. The molecule has 3 aromatic rings. The maximum atomic E-state index is 12.8. The number of aryl methyl sites for hydroxylation is 1. The topological polar surface area (TPSA) is 66.4 Å². The van der Waals surface area contributed by atoms with Gasteiger partial charge in [-0.2, -0.15) is 0 Å². The van der Waals surface area contributed by atoms with E-state index in [0.29, 0.717) is 0 Å². The summed E-state index contributed by atoms with van der Waals surface area (Å²) in [4.78, 5) is 1.28. The number of aliphatic hydroxyl groups is 1. The first-order valence-corrected chi connectivity index (χ1v) is 12.1. The molecule has 3 rings (SSSR count). The van der Waals surface area contributed by atoms with E-state index in [-0.39, 0.29) is 16.8 Å². The van der Waals surface area contributed by atoms with Crippen LogP contribution < -0.4 is 4.72 Å². The molecule has 0 radical (unpaired) electrons. The number of hydrogen-bond donors (Lipinski definition) is 2. The Bertz CT molecular complexity index is 1050. The SMILES string of the molecule is CCC[C@@H](Sc1ccc2ccccc2c1)[C@H](CO)NS(=O)(=O)c1ccc(C)cc1. The van der Waals surface area contributed by atoms with Crippen LogP contribution in [0.3, 0.4) is 0 Å². The van der Waals surface area contributed by atoms with Crippen LogP contribution in [0.25, 0.3) is 10.8 Å². The zero-order chi connectivity index (χ0) is 20.9. The van der Waals surface area contributed by atoms with Crippen molar-refractivity contribution in [2.45, 2.75) is 47.8 Å². The molecule has 154 valence electrons. The van der Waals surface area contributed by atoms with Crippen LogP contribution in [0.2, 0.25) is 0 Å². The molecule has 0 aliphatic rings. The lowest BCUT2D eigenvalue weighted by Gasteiger charge is -2.26. The van der Waals surface area contributed by atoms with Crippen molar-refractivity contribution in [3.8, 4) is 0 Å². The van der Waals surface area contributed by atoms with Gasteiger partial charge in [0.1, 0.15) is 0 Å². The van der Waals surface area contributed by atoms with E-state index in [1.54, 1.807) is 36.0 Å². The number of sulfonamides is 1. The Kier molecular flexibility index (Phi) is 7.35. The zero-order valence-electron chi connectivity index (χ0n) is 16.7. The van der Waals surface area contributed by atoms with Gasteiger partial charge in [-0.05, 0) is 48.4 Å². The zero-order valence-corrected chi connectivity index (χ0v) is 18.3. The largest absolute Gasteiger partial charge is 0.395 e. The molecule has 0 saturated carbocycles. The molecule has 0 unspecified atom stereocenters. The van der Waals surface area contributed by atoms with Gasteiger partial charge in [-0.1, -0.05) is 61.4 Å². The van der Waals surface area contributed by atoms with Gasteiger partial charge in [-0.3, -0.25) is 0 Å². The second kappa shape index (κ2) is 9.76. The van der Waals surface area contributed by atoms with Gasteiger partial charge in [-0.15, -0.1) is 11.8 Å². The number of fused-ring (bicyclic) bond motifs is 1. The summed E-state index contributed by atoms with van der Waals surface area (Å²) >= 11 is 1.61. The molecule has 6 heteroatoms. The van der Waals surface area contributed by atoms with Crippen LogP contribution in [0.15, 0.2) is 76.5 Å². The quantitative estimate of drug-likeness (QED) is 0.482. The first kappa shape index (κ1) is 21.8. The van der Waals surface area contributed by atoms with E-state index in [1.807, 2.05) is 19.1 Å². The number of aliphatic hydroxyl groups excluding tert-OH is 1. The Balaban J connectivity index is 1.81. The smallest absolute Gasteiger partial charge is 0.240 e. The maximum Gasteiger partial charge on any atom is 0.240 e. The third-order valence-corrected chi connectivity index (χ3v) is 7.76. The summed E-state index contributed by atoms with van der Waals surface area (Å²) in [5, 5.41) is 12.2. The first-order chi connectivity index (χ1) is 13.9. The number of rotatable bonds is 9. The van der Waals surface area contributed by atoms with Crippen LogP contribution in [0.4, 0.5) is 0 Å². The molecule has 0 saturated heterocycles. The van der Waals surface area contributed by atoms with Crippen molar-refractivity contribution >= 4 is 32.6 Å². The molecule has 0 aromatic heterocycles. The van der Waals surface area contributed by atoms with Gasteiger partial charge in [0.15, 0.2) is 0 Å². The van der Waals surface area contributed by atoms with E-state index in [1.165, 1.54) is 5.39 Å². The summed E-state index contributed by atoms with van der Waals surface area (Å²) < 4.78 is 28.4. The lowest BCUT2D eigenvalue weighted by atomic mass is 10.1. The van der Waals surface area contributed by atoms with Gasteiger partial charge in [0.2, 0.25) is 10.0 Å². The summed E-state index contributed by atoms with van der Waals surface area (Å²) in [6.45, 7) is 3.73. The highest BCUT2D eigenvalue weighted by molar-refractivity contribution is 8.00. The van der Waals surface area contributed by atoms with E-state index in [2.05, 4.69) is 42.0 Å². The van der Waals surface area contributed by atoms with Crippen molar-refractivity contribution in [1.29, 1.82) is 0 Å². The molecule has 29 heavy (non-hydrogen) atoms. The van der Waals surface area contributed by atoms with Crippen LogP contribution in [-0.4, -0.2) is 31.4 Å². The van der Waals surface area contributed by atoms with Crippen molar-refractivity contribution in [3.05, 3.63) is 72.3 Å². The van der Waals surface area contributed by atoms with Gasteiger partial charge < -0.3 is 5.11 Å². The fourth-order valence-electron chi connectivity index (χ4n) is 3.26. The number of nitrogens with one attached hydrogen (secondary N) is 1. The summed E-state index contributed by atoms with van der Waals surface area (Å²) in [5.41, 5.74) is 0.998. The minimum Gasteiger partial charge on any atom is -0.395 e. The molecular formula is C23H27NO3S2. The van der Waals surface area contributed by atoms with Crippen LogP contribution in [0.1, 0.15) is 25.3 Å². The van der Waals surface area contributed by atoms with Crippen molar-refractivity contribution in [2.24, 2.45) is 0 Å². The summed E-state index contributed by atoms with van der Waals surface area (Å²) in [6, 6.07) is 20.6. The number of hydrogen-bond acceptors (Lipinski definition) is 4. The predicted molar refractivity (Wildman–Crippen MR) is 121 cm³/mol. The van der Waals surface area contributed by atoms with Gasteiger partial charge >= 0.3 is 0 Å². The highest BCUT2D eigenvalue weighted by Crippen LogP contribution is 2.31. The lowest BCUT2D eigenvalue weighted by molar-refractivity contribution is 0.251. The highest BCUT2D eigenvalue weighted by atomic mass is 32.2. The fraction of sp³-hybridized carbons (Fsp3) is 0.304. The fourth-order valence-corrected chi connectivity index (χ4v) is 5.97. The Morgan fingerprint density at radius 2 is 1.69 bits per heavy atom. The molecule has 0 spiro atoms. The molecule has 2 atom stereocenters. The Morgan fingerprint density at radius 3 is 2.34 bits per heavy atom. The molecule has 0 bridgehead atoms. The van der Waals surface area contributed by atoms with Gasteiger partial charge in [-0.25, -0.2) is 13.1 Å². The van der Waals surface area contributed by atoms with Crippen LogP contribution in [0, 0.1) is 6.92 Å². The highest BCUT2D eigenvalue weighted by Gasteiger charge is 2.27. The molecule has 3 aromatic carbocycles. The summed E-state index contributed by atoms with van der Waals surface area (Å²) in [5.74, 6) is 0. The van der Waals surface area contributed by atoms with E-state index >= 15 is 0 Å². The van der Waals surface area contributed by atoms with E-state index in [0.717, 1.165) is 28.7 Å². The molecule has 0 aliphatic carbocycles. The average molecular weight is 430 g/mol. The van der Waals surface area contributed by atoms with Gasteiger partial charge in [0, 0.05) is 10.1 Å². The van der Waals surface area contributed by atoms with E-state index < -0.39 is 16.1 Å². The normalized spacial score (nSPS) is 14.0. The third kappa shape index (κ3) is 5.60. The van der Waals surface area contributed by atoms with Crippen molar-refractivity contribution in [2.75, 3.05) is 6.61 Å². The Labute approximate surface area is 177 Å². The van der Waals surface area contributed by atoms with Crippen molar-refractivity contribution in [1.82, 2.24) is 4.72 Å². The third-order valence-electron chi connectivity index (χ3n) is 4.86. The molecule has 0 aliphatic heterocycles. The minimum atomic E-state index is -3.70. The van der Waals surface area contributed by atoms with Crippen LogP contribution in [0.5, 0.6) is 0 Å².